The van der Waals surface area contributed by atoms with Gasteiger partial charge < -0.3 is 9.47 Å². The Bertz CT molecular complexity index is 1860. The average molecular weight is 555 g/mol. The van der Waals surface area contributed by atoms with Gasteiger partial charge in [-0.1, -0.05) is 75.2 Å². The first-order valence-electron chi connectivity index (χ1n) is 15.2. The predicted octanol–water partition coefficient (Wildman–Crippen LogP) is 10.4. The van der Waals surface area contributed by atoms with E-state index in [1.807, 2.05) is 12.1 Å². The highest BCUT2D eigenvalue weighted by Gasteiger charge is 2.20. The van der Waals surface area contributed by atoms with Crippen LogP contribution in [0.25, 0.3) is 54.6 Å². The van der Waals surface area contributed by atoms with E-state index in [4.69, 9.17) is 9.47 Å². The molecule has 6 aromatic carbocycles. The smallest absolute Gasteiger partial charge is 0.337 e. The van der Waals surface area contributed by atoms with Gasteiger partial charge in [-0.05, 0) is 128 Å². The molecule has 0 aliphatic heterocycles. The Labute approximate surface area is 248 Å². The molecule has 0 aliphatic carbocycles. The summed E-state index contributed by atoms with van der Waals surface area (Å²) in [6.45, 7) is 4.52. The summed E-state index contributed by atoms with van der Waals surface area (Å²) in [5.74, 6) is 0.553. The van der Waals surface area contributed by atoms with Gasteiger partial charge in [-0.25, -0.2) is 4.79 Å². The lowest BCUT2D eigenvalue weighted by Crippen LogP contribution is -2.00. The van der Waals surface area contributed by atoms with Crippen LogP contribution in [0.1, 0.15) is 61.0 Å². The minimum absolute atomic E-state index is 0.314. The molecular weight excluding hydrogens is 516 g/mol. The molecule has 0 amide bonds. The standard InChI is InChI=1S/C39H38O3/c1-5-7-9-28-23-35(25-11-13-27(14-12-25)39(40)42-4)33-21-19-32-29(10-8-6-2)24-36(26-15-17-30(41-3)18-16-26)34-22-20-31(28)37(33)38(32)34/h11-24H,5-10H2,1-4H3. The molecule has 0 radical (unpaired) electrons. The van der Waals surface area contributed by atoms with E-state index < -0.39 is 0 Å². The summed E-state index contributed by atoms with van der Waals surface area (Å²) in [7, 11) is 3.14. The van der Waals surface area contributed by atoms with E-state index in [2.05, 4.69) is 86.6 Å². The third kappa shape index (κ3) is 4.87. The fourth-order valence-corrected chi connectivity index (χ4v) is 6.44. The normalized spacial score (nSPS) is 11.5. The first kappa shape index (κ1) is 27.8. The highest BCUT2D eigenvalue weighted by atomic mass is 16.5. The van der Waals surface area contributed by atoms with E-state index in [-0.39, 0.29) is 5.97 Å². The number of hydrogen-bond acceptors (Lipinski definition) is 3. The third-order valence-electron chi connectivity index (χ3n) is 8.69. The highest BCUT2D eigenvalue weighted by molar-refractivity contribution is 6.28. The van der Waals surface area contributed by atoms with Gasteiger partial charge in [-0.15, -0.1) is 0 Å². The quantitative estimate of drug-likeness (QED) is 0.125. The first-order valence-corrected chi connectivity index (χ1v) is 15.2. The molecule has 0 fully saturated rings. The number of carbonyl (C=O) groups is 1. The predicted molar refractivity (Wildman–Crippen MR) is 176 cm³/mol. The summed E-state index contributed by atoms with van der Waals surface area (Å²) >= 11 is 0. The molecule has 0 aromatic heterocycles. The first-order chi connectivity index (χ1) is 20.6. The molecule has 0 bridgehead atoms. The molecule has 3 heteroatoms. The molecule has 6 rings (SSSR count). The van der Waals surface area contributed by atoms with Crippen LogP contribution in [0.2, 0.25) is 0 Å². The summed E-state index contributed by atoms with van der Waals surface area (Å²) in [5, 5.41) is 7.94. The van der Waals surface area contributed by atoms with Crippen molar-refractivity contribution < 1.29 is 14.3 Å². The van der Waals surface area contributed by atoms with Gasteiger partial charge in [0, 0.05) is 0 Å². The van der Waals surface area contributed by atoms with Crippen LogP contribution in [0.5, 0.6) is 5.75 Å². The maximum absolute atomic E-state index is 12.1. The number of benzene rings is 6. The highest BCUT2D eigenvalue weighted by Crippen LogP contribution is 2.45. The van der Waals surface area contributed by atoms with Gasteiger partial charge >= 0.3 is 5.97 Å². The zero-order chi connectivity index (χ0) is 29.2. The lowest BCUT2D eigenvalue weighted by Gasteiger charge is -2.21. The fourth-order valence-electron chi connectivity index (χ4n) is 6.44. The van der Waals surface area contributed by atoms with Crippen LogP contribution in [-0.2, 0) is 17.6 Å². The number of rotatable bonds is 10. The number of aryl methyl sites for hydroxylation is 2. The Kier molecular flexibility index (Phi) is 7.84. The van der Waals surface area contributed by atoms with Gasteiger partial charge in [0.05, 0.1) is 19.8 Å². The van der Waals surface area contributed by atoms with Crippen molar-refractivity contribution >= 4 is 38.3 Å². The third-order valence-corrected chi connectivity index (χ3v) is 8.69. The summed E-state index contributed by atoms with van der Waals surface area (Å²) in [6, 6.07) is 30.5. The van der Waals surface area contributed by atoms with Gasteiger partial charge in [0.2, 0.25) is 0 Å². The Balaban J connectivity index is 1.68. The van der Waals surface area contributed by atoms with Gasteiger partial charge in [-0.2, -0.15) is 0 Å². The summed E-state index contributed by atoms with van der Waals surface area (Å²) in [6.07, 6.45) is 6.69. The zero-order valence-electron chi connectivity index (χ0n) is 25.1. The monoisotopic (exact) mass is 554 g/mol. The number of unbranched alkanes of at least 4 members (excludes halogenated alkanes) is 2. The summed E-state index contributed by atoms with van der Waals surface area (Å²) in [4.78, 5) is 12.1. The molecule has 212 valence electrons. The number of hydrogen-bond donors (Lipinski definition) is 0. The van der Waals surface area contributed by atoms with E-state index in [0.717, 1.165) is 49.8 Å². The SMILES string of the molecule is CCCCc1cc(-c2ccc(OC)cc2)c2ccc3c(CCCC)cc(-c4ccc(C(=O)OC)cc4)c4ccc1c2c34. The van der Waals surface area contributed by atoms with Crippen LogP contribution in [-0.4, -0.2) is 20.2 Å². The second-order valence-corrected chi connectivity index (χ2v) is 11.2. The minimum Gasteiger partial charge on any atom is -0.497 e. The molecule has 0 saturated carbocycles. The van der Waals surface area contributed by atoms with Crippen molar-refractivity contribution in [1.29, 1.82) is 0 Å². The van der Waals surface area contributed by atoms with Crippen molar-refractivity contribution in [2.45, 2.75) is 52.4 Å². The van der Waals surface area contributed by atoms with Crippen LogP contribution < -0.4 is 4.74 Å². The van der Waals surface area contributed by atoms with E-state index in [0.29, 0.717) is 5.56 Å². The van der Waals surface area contributed by atoms with Crippen LogP contribution in [0.15, 0.2) is 84.9 Å². The lowest BCUT2D eigenvalue weighted by atomic mass is 9.82. The number of methoxy groups -OCH3 is 2. The number of ether oxygens (including phenoxy) is 2. The molecule has 0 unspecified atom stereocenters. The fraction of sp³-hybridized carbons (Fsp3) is 0.256. The molecule has 0 heterocycles. The minimum atomic E-state index is -0.314. The molecule has 0 atom stereocenters. The Morgan fingerprint density at radius 3 is 1.48 bits per heavy atom. The molecule has 0 N–H and O–H groups in total. The largest absolute Gasteiger partial charge is 0.497 e. The number of esters is 1. The van der Waals surface area contributed by atoms with Gasteiger partial charge in [-0.3, -0.25) is 0 Å². The van der Waals surface area contributed by atoms with Gasteiger partial charge in [0.15, 0.2) is 0 Å². The maximum Gasteiger partial charge on any atom is 0.337 e. The van der Waals surface area contributed by atoms with E-state index in [9.17, 15) is 4.79 Å². The second kappa shape index (κ2) is 11.9. The molecule has 0 spiro atoms. The molecule has 0 saturated heterocycles. The molecule has 42 heavy (non-hydrogen) atoms. The van der Waals surface area contributed by atoms with E-state index in [1.54, 1.807) is 7.11 Å². The van der Waals surface area contributed by atoms with Crippen LogP contribution in [0.4, 0.5) is 0 Å². The van der Waals surface area contributed by atoms with Crippen molar-refractivity contribution in [3.63, 3.8) is 0 Å². The summed E-state index contributed by atoms with van der Waals surface area (Å²) in [5.41, 5.74) is 8.16. The van der Waals surface area contributed by atoms with Crippen molar-refractivity contribution in [1.82, 2.24) is 0 Å². The molecular formula is C39H38O3. The summed E-state index contributed by atoms with van der Waals surface area (Å²) < 4.78 is 10.4. The molecule has 6 aromatic rings. The van der Waals surface area contributed by atoms with Crippen LogP contribution >= 0.6 is 0 Å². The zero-order valence-corrected chi connectivity index (χ0v) is 25.1. The molecule has 0 aliphatic rings. The topological polar surface area (TPSA) is 35.5 Å². The lowest BCUT2D eigenvalue weighted by molar-refractivity contribution is 0.0600. The van der Waals surface area contributed by atoms with Crippen LogP contribution in [0.3, 0.4) is 0 Å². The Morgan fingerprint density at radius 1 is 0.595 bits per heavy atom. The van der Waals surface area contributed by atoms with Gasteiger partial charge in [0.1, 0.15) is 5.75 Å². The average Bonchev–Trinajstić information content (AvgIpc) is 3.05. The van der Waals surface area contributed by atoms with Crippen molar-refractivity contribution in [2.24, 2.45) is 0 Å². The van der Waals surface area contributed by atoms with Crippen molar-refractivity contribution in [2.75, 3.05) is 14.2 Å². The van der Waals surface area contributed by atoms with Crippen LogP contribution in [0, 0.1) is 0 Å². The van der Waals surface area contributed by atoms with E-state index in [1.165, 1.54) is 67.2 Å². The Morgan fingerprint density at radius 2 is 1.05 bits per heavy atom. The van der Waals surface area contributed by atoms with Gasteiger partial charge in [0.25, 0.3) is 0 Å². The van der Waals surface area contributed by atoms with E-state index >= 15 is 0 Å². The Hall–Kier alpha value is -4.37. The van der Waals surface area contributed by atoms with Crippen molar-refractivity contribution in [3.8, 4) is 28.0 Å². The number of carbonyl (C=O) groups excluding carboxylic acids is 1. The second-order valence-electron chi connectivity index (χ2n) is 11.2. The maximum atomic E-state index is 12.1. The van der Waals surface area contributed by atoms with Crippen molar-refractivity contribution in [3.05, 3.63) is 102 Å². The molecule has 3 nitrogen and oxygen atoms in total.